The van der Waals surface area contributed by atoms with E-state index in [4.69, 9.17) is 21.1 Å². The molecule has 108 valence electrons. The number of rotatable bonds is 1. The molecule has 2 aliphatic heterocycles. The highest BCUT2D eigenvalue weighted by Gasteiger charge is 2.21. The fourth-order valence-electron chi connectivity index (χ4n) is 2.45. The molecule has 0 radical (unpaired) electrons. The summed E-state index contributed by atoms with van der Waals surface area (Å²) in [6.07, 6.45) is 0. The summed E-state index contributed by atoms with van der Waals surface area (Å²) in [5.41, 5.74) is 2.27. The zero-order valence-electron chi connectivity index (χ0n) is 10.9. The second-order valence-corrected chi connectivity index (χ2v) is 6.21. The van der Waals surface area contributed by atoms with Gasteiger partial charge in [-0.2, -0.15) is 11.8 Å². The fourth-order valence-corrected chi connectivity index (χ4v) is 3.75. The summed E-state index contributed by atoms with van der Waals surface area (Å²) in [5, 5.41) is 0.458. The number of aromatic nitrogens is 2. The van der Waals surface area contributed by atoms with Crippen molar-refractivity contribution in [2.75, 3.05) is 13.2 Å². The van der Waals surface area contributed by atoms with Gasteiger partial charge in [0, 0.05) is 22.6 Å². The van der Waals surface area contributed by atoms with Crippen LogP contribution in [-0.2, 0) is 11.5 Å². The Balaban J connectivity index is 1.86. The van der Waals surface area contributed by atoms with Gasteiger partial charge in [0.2, 0.25) is 0 Å². The number of thioether (sulfide) groups is 1. The van der Waals surface area contributed by atoms with Crippen molar-refractivity contribution in [3.63, 3.8) is 0 Å². The Hall–Kier alpha value is -1.66. The molecule has 7 heteroatoms. The number of benzene rings is 1. The maximum atomic E-state index is 12.1. The molecule has 0 amide bonds. The monoisotopic (exact) mass is 322 g/mol. The first-order chi connectivity index (χ1) is 10.2. The van der Waals surface area contributed by atoms with Gasteiger partial charge in [-0.1, -0.05) is 11.6 Å². The van der Waals surface area contributed by atoms with Crippen LogP contribution < -0.4 is 15.0 Å². The van der Waals surface area contributed by atoms with E-state index in [1.54, 1.807) is 23.9 Å². The summed E-state index contributed by atoms with van der Waals surface area (Å²) >= 11 is 7.92. The number of nitrogens with zero attached hydrogens (tertiary/aromatic N) is 1. The van der Waals surface area contributed by atoms with Gasteiger partial charge >= 0.3 is 0 Å². The smallest absolute Gasteiger partial charge is 0.255 e. The number of fused-ring (bicyclic) bond motifs is 2. The molecule has 2 aromatic rings. The summed E-state index contributed by atoms with van der Waals surface area (Å²) in [6.45, 7) is 0.967. The Morgan fingerprint density at radius 1 is 1.24 bits per heavy atom. The van der Waals surface area contributed by atoms with Gasteiger partial charge in [-0.3, -0.25) is 4.79 Å². The molecule has 1 aromatic carbocycles. The average molecular weight is 323 g/mol. The van der Waals surface area contributed by atoms with Crippen molar-refractivity contribution in [1.29, 1.82) is 0 Å². The highest BCUT2D eigenvalue weighted by atomic mass is 35.5. The lowest BCUT2D eigenvalue weighted by Crippen LogP contribution is -2.17. The first-order valence-electron chi connectivity index (χ1n) is 6.52. The molecule has 0 bridgehead atoms. The third kappa shape index (κ3) is 2.18. The van der Waals surface area contributed by atoms with Crippen molar-refractivity contribution in [2.45, 2.75) is 11.5 Å². The van der Waals surface area contributed by atoms with E-state index in [0.29, 0.717) is 35.6 Å². The standard InChI is InChI=1S/C14H11ClN2O3S/c15-9-3-7(4-11-12(9)20-2-1-19-11)13-16-10-6-21-5-8(10)14(18)17-13/h3-4H,1-2,5-6H2,(H,16,17,18). The Morgan fingerprint density at radius 3 is 3.00 bits per heavy atom. The molecule has 3 heterocycles. The quantitative estimate of drug-likeness (QED) is 0.874. The number of halogens is 1. The first kappa shape index (κ1) is 13.0. The summed E-state index contributed by atoms with van der Waals surface area (Å²) < 4.78 is 11.0. The van der Waals surface area contributed by atoms with Crippen molar-refractivity contribution >= 4 is 23.4 Å². The minimum absolute atomic E-state index is 0.0778. The van der Waals surface area contributed by atoms with Crippen molar-refractivity contribution in [3.8, 4) is 22.9 Å². The number of nitrogens with one attached hydrogen (secondary N) is 1. The summed E-state index contributed by atoms with van der Waals surface area (Å²) in [6, 6.07) is 3.54. The van der Waals surface area contributed by atoms with E-state index in [1.165, 1.54) is 0 Å². The molecule has 0 saturated heterocycles. The molecule has 4 rings (SSSR count). The lowest BCUT2D eigenvalue weighted by molar-refractivity contribution is 0.172. The highest BCUT2D eigenvalue weighted by molar-refractivity contribution is 7.98. The van der Waals surface area contributed by atoms with Crippen LogP contribution in [0, 0.1) is 0 Å². The maximum absolute atomic E-state index is 12.1. The van der Waals surface area contributed by atoms with Crippen LogP contribution in [0.1, 0.15) is 11.3 Å². The zero-order valence-corrected chi connectivity index (χ0v) is 12.5. The molecule has 21 heavy (non-hydrogen) atoms. The molecule has 0 aliphatic carbocycles. The Kier molecular flexibility index (Phi) is 3.08. The minimum atomic E-state index is -0.0778. The van der Waals surface area contributed by atoms with Gasteiger partial charge in [-0.05, 0) is 12.1 Å². The molecule has 0 spiro atoms. The molecular weight excluding hydrogens is 312 g/mol. The van der Waals surface area contributed by atoms with Crippen molar-refractivity contribution < 1.29 is 9.47 Å². The van der Waals surface area contributed by atoms with E-state index in [1.807, 2.05) is 0 Å². The minimum Gasteiger partial charge on any atom is -0.486 e. The van der Waals surface area contributed by atoms with Crippen LogP contribution in [0.2, 0.25) is 5.02 Å². The van der Waals surface area contributed by atoms with Crippen LogP contribution >= 0.6 is 23.4 Å². The van der Waals surface area contributed by atoms with Gasteiger partial charge in [0.15, 0.2) is 11.5 Å². The van der Waals surface area contributed by atoms with E-state index >= 15 is 0 Å². The normalized spacial score (nSPS) is 15.9. The summed E-state index contributed by atoms with van der Waals surface area (Å²) in [4.78, 5) is 19.4. The molecule has 1 aromatic heterocycles. The van der Waals surface area contributed by atoms with Gasteiger partial charge < -0.3 is 14.5 Å². The van der Waals surface area contributed by atoms with Crippen molar-refractivity contribution in [3.05, 3.63) is 38.8 Å². The molecule has 0 fully saturated rings. The molecule has 0 atom stereocenters. The van der Waals surface area contributed by atoms with Gasteiger partial charge in [0.25, 0.3) is 5.56 Å². The summed E-state index contributed by atoms with van der Waals surface area (Å²) in [5.74, 6) is 3.14. The predicted molar refractivity (Wildman–Crippen MR) is 81.3 cm³/mol. The SMILES string of the molecule is O=c1[nH]c(-c2cc(Cl)c3c(c2)OCCO3)nc2c1CSC2. The van der Waals surface area contributed by atoms with Crippen LogP contribution in [0.15, 0.2) is 16.9 Å². The highest BCUT2D eigenvalue weighted by Crippen LogP contribution is 2.40. The van der Waals surface area contributed by atoms with Gasteiger partial charge in [0.1, 0.15) is 19.0 Å². The van der Waals surface area contributed by atoms with Crippen LogP contribution in [0.3, 0.4) is 0 Å². The molecule has 0 unspecified atom stereocenters. The third-order valence-electron chi connectivity index (χ3n) is 3.46. The molecule has 5 nitrogen and oxygen atoms in total. The lowest BCUT2D eigenvalue weighted by Gasteiger charge is -2.20. The van der Waals surface area contributed by atoms with Crippen LogP contribution in [0.25, 0.3) is 11.4 Å². The van der Waals surface area contributed by atoms with Crippen molar-refractivity contribution in [2.24, 2.45) is 0 Å². The molecule has 1 N–H and O–H groups in total. The average Bonchev–Trinajstić information content (AvgIpc) is 2.96. The van der Waals surface area contributed by atoms with E-state index < -0.39 is 0 Å². The van der Waals surface area contributed by atoms with Crippen LogP contribution in [0.4, 0.5) is 0 Å². The van der Waals surface area contributed by atoms with Crippen LogP contribution in [0.5, 0.6) is 11.5 Å². The first-order valence-corrected chi connectivity index (χ1v) is 8.05. The molecule has 0 saturated carbocycles. The Labute approximate surface area is 129 Å². The number of hydrogen-bond acceptors (Lipinski definition) is 5. The number of aromatic amines is 1. The third-order valence-corrected chi connectivity index (χ3v) is 4.71. The number of ether oxygens (including phenoxy) is 2. The van der Waals surface area contributed by atoms with E-state index in [2.05, 4.69) is 9.97 Å². The van der Waals surface area contributed by atoms with E-state index in [-0.39, 0.29) is 5.56 Å². The molecule has 2 aliphatic rings. The van der Waals surface area contributed by atoms with Crippen molar-refractivity contribution in [1.82, 2.24) is 9.97 Å². The van der Waals surface area contributed by atoms with Gasteiger partial charge in [0.05, 0.1) is 10.7 Å². The zero-order chi connectivity index (χ0) is 14.4. The van der Waals surface area contributed by atoms with Gasteiger partial charge in [-0.15, -0.1) is 0 Å². The fraction of sp³-hybridized carbons (Fsp3) is 0.286. The Bertz CT molecular complexity index is 791. The maximum Gasteiger partial charge on any atom is 0.255 e. The van der Waals surface area contributed by atoms with E-state index in [0.717, 1.165) is 28.3 Å². The van der Waals surface area contributed by atoms with Gasteiger partial charge in [-0.25, -0.2) is 4.98 Å². The predicted octanol–water partition coefficient (Wildman–Crippen LogP) is 2.61. The van der Waals surface area contributed by atoms with E-state index in [9.17, 15) is 4.79 Å². The molecular formula is C14H11ClN2O3S. The Morgan fingerprint density at radius 2 is 2.10 bits per heavy atom. The number of hydrogen-bond donors (Lipinski definition) is 1. The largest absolute Gasteiger partial charge is 0.486 e. The second-order valence-electron chi connectivity index (χ2n) is 4.81. The topological polar surface area (TPSA) is 64.2 Å². The second kappa shape index (κ2) is 4.96. The van der Waals surface area contributed by atoms with Crippen LogP contribution in [-0.4, -0.2) is 23.2 Å². The summed E-state index contributed by atoms with van der Waals surface area (Å²) in [7, 11) is 0. The lowest BCUT2D eigenvalue weighted by atomic mass is 10.1. The number of H-pyrrole nitrogens is 1.